The Hall–Kier alpha value is -3.53. The van der Waals surface area contributed by atoms with Gasteiger partial charge in [-0.15, -0.1) is 11.3 Å². The van der Waals surface area contributed by atoms with Gasteiger partial charge in [0.25, 0.3) is 5.91 Å². The van der Waals surface area contributed by atoms with Crippen molar-refractivity contribution in [3.63, 3.8) is 0 Å². The molecule has 0 saturated heterocycles. The van der Waals surface area contributed by atoms with Crippen LogP contribution < -0.4 is 16.0 Å². The summed E-state index contributed by atoms with van der Waals surface area (Å²) < 4.78 is 5.24. The van der Waals surface area contributed by atoms with E-state index < -0.39 is 0 Å². The van der Waals surface area contributed by atoms with Crippen molar-refractivity contribution in [2.45, 2.75) is 13.1 Å². The molecule has 0 unspecified atom stereocenters. The van der Waals surface area contributed by atoms with E-state index >= 15 is 0 Å². The Morgan fingerprint density at radius 1 is 1.09 bits per heavy atom. The summed E-state index contributed by atoms with van der Waals surface area (Å²) in [5.41, 5.74) is 2.69. The summed E-state index contributed by atoms with van der Waals surface area (Å²) in [6.07, 6.45) is 3.27. The Kier molecular flexibility index (Phi) is 7.23. The zero-order chi connectivity index (χ0) is 22.2. The van der Waals surface area contributed by atoms with Gasteiger partial charge in [-0.1, -0.05) is 12.1 Å². The largest absolute Gasteiger partial charge is 0.467 e. The molecule has 0 aliphatic carbocycles. The lowest BCUT2D eigenvalue weighted by Gasteiger charge is -2.08. The number of rotatable bonds is 10. The number of nitrogens with zero attached hydrogens (tertiary/aromatic N) is 2. The highest BCUT2D eigenvalue weighted by molar-refractivity contribution is 7.17. The second kappa shape index (κ2) is 10.7. The summed E-state index contributed by atoms with van der Waals surface area (Å²) in [5.74, 6) is 1.02. The van der Waals surface area contributed by atoms with Crippen LogP contribution in [0.15, 0.2) is 71.5 Å². The van der Waals surface area contributed by atoms with E-state index in [0.717, 1.165) is 21.8 Å². The number of furan rings is 1. The van der Waals surface area contributed by atoms with E-state index in [1.807, 2.05) is 42.5 Å². The van der Waals surface area contributed by atoms with E-state index in [2.05, 4.69) is 25.9 Å². The predicted molar refractivity (Wildman–Crippen MR) is 124 cm³/mol. The standard InChI is InChI=1S/C23H23N5O3S/c29-11-10-24-14-16-3-1-4-17(13-16)27-23-25-9-8-19(28-23)20-6-7-21(32-20)22(30)26-15-18-5-2-12-31-18/h1-9,12-13,24,29H,10-11,14-15H2,(H,26,30)(H,25,27,28). The Labute approximate surface area is 189 Å². The molecule has 0 saturated carbocycles. The molecule has 1 amide bonds. The first-order valence-electron chi connectivity index (χ1n) is 10.1. The van der Waals surface area contributed by atoms with Gasteiger partial charge in [0.15, 0.2) is 0 Å². The molecule has 4 N–H and O–H groups in total. The lowest BCUT2D eigenvalue weighted by Crippen LogP contribution is -2.21. The van der Waals surface area contributed by atoms with E-state index in [9.17, 15) is 4.79 Å². The van der Waals surface area contributed by atoms with Crippen molar-refractivity contribution >= 4 is 28.9 Å². The third-order valence-electron chi connectivity index (χ3n) is 4.54. The van der Waals surface area contributed by atoms with E-state index in [0.29, 0.717) is 36.2 Å². The molecule has 4 aromatic rings. The number of aliphatic hydroxyl groups excluding tert-OH is 1. The van der Waals surface area contributed by atoms with Crippen molar-refractivity contribution in [3.8, 4) is 10.6 Å². The zero-order valence-corrected chi connectivity index (χ0v) is 18.1. The van der Waals surface area contributed by atoms with Gasteiger partial charge in [-0.2, -0.15) is 0 Å². The highest BCUT2D eigenvalue weighted by Crippen LogP contribution is 2.27. The molecule has 0 radical (unpaired) electrons. The third kappa shape index (κ3) is 5.79. The number of aliphatic hydroxyl groups is 1. The van der Waals surface area contributed by atoms with Crippen LogP contribution in [0.1, 0.15) is 21.0 Å². The number of carbonyl (C=O) groups excluding carboxylic acids is 1. The van der Waals surface area contributed by atoms with Gasteiger partial charge in [0.05, 0.1) is 34.9 Å². The summed E-state index contributed by atoms with van der Waals surface area (Å²) in [6.45, 7) is 1.66. The van der Waals surface area contributed by atoms with Crippen LogP contribution in [0.2, 0.25) is 0 Å². The molecule has 3 aromatic heterocycles. The van der Waals surface area contributed by atoms with Crippen LogP contribution in [0.5, 0.6) is 0 Å². The van der Waals surface area contributed by atoms with Crippen LogP contribution in [0, 0.1) is 0 Å². The normalized spacial score (nSPS) is 10.8. The summed E-state index contributed by atoms with van der Waals surface area (Å²) in [4.78, 5) is 22.8. The zero-order valence-electron chi connectivity index (χ0n) is 17.2. The van der Waals surface area contributed by atoms with Gasteiger partial charge < -0.3 is 25.5 Å². The van der Waals surface area contributed by atoms with Gasteiger partial charge in [0, 0.05) is 25.0 Å². The molecule has 3 heterocycles. The van der Waals surface area contributed by atoms with Crippen LogP contribution in [0.3, 0.4) is 0 Å². The minimum atomic E-state index is -0.156. The molecule has 1 aromatic carbocycles. The summed E-state index contributed by atoms with van der Waals surface area (Å²) in [6, 6.07) is 17.0. The number of nitrogens with one attached hydrogen (secondary N) is 3. The molecule has 4 rings (SSSR count). The van der Waals surface area contributed by atoms with Crippen LogP contribution in [0.25, 0.3) is 10.6 Å². The number of thiophene rings is 1. The summed E-state index contributed by atoms with van der Waals surface area (Å²) >= 11 is 1.37. The minimum absolute atomic E-state index is 0.106. The van der Waals surface area contributed by atoms with Crippen molar-refractivity contribution in [3.05, 3.63) is 83.3 Å². The lowest BCUT2D eigenvalue weighted by molar-refractivity contribution is 0.0952. The monoisotopic (exact) mass is 449 g/mol. The highest BCUT2D eigenvalue weighted by atomic mass is 32.1. The second-order valence-corrected chi connectivity index (χ2v) is 8.00. The molecule has 32 heavy (non-hydrogen) atoms. The van der Waals surface area contributed by atoms with Gasteiger partial charge in [-0.25, -0.2) is 9.97 Å². The summed E-state index contributed by atoms with van der Waals surface area (Å²) in [7, 11) is 0. The molecule has 0 fully saturated rings. The topological polar surface area (TPSA) is 112 Å². The molecule has 0 bridgehead atoms. The maximum Gasteiger partial charge on any atom is 0.261 e. The number of anilines is 2. The van der Waals surface area contributed by atoms with Gasteiger partial charge in [-0.05, 0) is 48.0 Å². The van der Waals surface area contributed by atoms with Crippen LogP contribution in [-0.2, 0) is 13.1 Å². The van der Waals surface area contributed by atoms with E-state index in [1.165, 1.54) is 11.3 Å². The third-order valence-corrected chi connectivity index (χ3v) is 5.65. The van der Waals surface area contributed by atoms with Gasteiger partial charge in [0.1, 0.15) is 5.76 Å². The summed E-state index contributed by atoms with van der Waals surface area (Å²) in [5, 5.41) is 18.1. The first-order valence-corrected chi connectivity index (χ1v) is 10.9. The number of carbonyl (C=O) groups is 1. The number of hydrogen-bond acceptors (Lipinski definition) is 8. The average Bonchev–Trinajstić information content (AvgIpc) is 3.51. The Bertz CT molecular complexity index is 1160. The van der Waals surface area contributed by atoms with E-state index in [1.54, 1.807) is 24.6 Å². The van der Waals surface area contributed by atoms with Crippen LogP contribution in [-0.4, -0.2) is 34.1 Å². The van der Waals surface area contributed by atoms with Crippen molar-refractivity contribution in [1.29, 1.82) is 0 Å². The fourth-order valence-corrected chi connectivity index (χ4v) is 3.91. The van der Waals surface area contributed by atoms with Crippen molar-refractivity contribution < 1.29 is 14.3 Å². The molecule has 0 aliphatic rings. The van der Waals surface area contributed by atoms with E-state index in [-0.39, 0.29) is 12.5 Å². The van der Waals surface area contributed by atoms with E-state index in [4.69, 9.17) is 9.52 Å². The van der Waals surface area contributed by atoms with Gasteiger partial charge >= 0.3 is 0 Å². The first-order chi connectivity index (χ1) is 15.7. The minimum Gasteiger partial charge on any atom is -0.467 e. The average molecular weight is 450 g/mol. The number of hydrogen-bond donors (Lipinski definition) is 4. The van der Waals surface area contributed by atoms with Crippen molar-refractivity contribution in [1.82, 2.24) is 20.6 Å². The first kappa shape index (κ1) is 21.7. The van der Waals surface area contributed by atoms with Crippen molar-refractivity contribution in [2.24, 2.45) is 0 Å². The maximum absolute atomic E-state index is 12.4. The molecule has 0 atom stereocenters. The van der Waals surface area contributed by atoms with Crippen LogP contribution >= 0.6 is 11.3 Å². The predicted octanol–water partition coefficient (Wildman–Crippen LogP) is 3.55. The number of aromatic nitrogens is 2. The second-order valence-electron chi connectivity index (χ2n) is 6.92. The number of benzene rings is 1. The van der Waals surface area contributed by atoms with Gasteiger partial charge in [0.2, 0.25) is 5.95 Å². The molecule has 9 heteroatoms. The molecule has 164 valence electrons. The van der Waals surface area contributed by atoms with Crippen LogP contribution in [0.4, 0.5) is 11.6 Å². The SMILES string of the molecule is O=C(NCc1ccco1)c1ccc(-c2ccnc(Nc3cccc(CNCCO)c3)n2)s1. The van der Waals surface area contributed by atoms with Crippen molar-refractivity contribution in [2.75, 3.05) is 18.5 Å². The molecule has 0 spiro atoms. The highest BCUT2D eigenvalue weighted by Gasteiger charge is 2.12. The lowest BCUT2D eigenvalue weighted by atomic mass is 10.2. The van der Waals surface area contributed by atoms with Gasteiger partial charge in [-0.3, -0.25) is 4.79 Å². The maximum atomic E-state index is 12.4. The Morgan fingerprint density at radius 2 is 2.03 bits per heavy atom. The Balaban J connectivity index is 1.41. The fraction of sp³-hybridized carbons (Fsp3) is 0.174. The fourth-order valence-electron chi connectivity index (χ4n) is 3.02. The Morgan fingerprint density at radius 3 is 2.88 bits per heavy atom. The quantitative estimate of drug-likeness (QED) is 0.274. The molecule has 8 nitrogen and oxygen atoms in total. The molecular weight excluding hydrogens is 426 g/mol. The smallest absolute Gasteiger partial charge is 0.261 e. The molecule has 0 aliphatic heterocycles. The molecular formula is C23H23N5O3S. The number of amides is 1.